The highest BCUT2D eigenvalue weighted by molar-refractivity contribution is 9.10. The Kier molecular flexibility index (Phi) is 4.94. The summed E-state index contributed by atoms with van der Waals surface area (Å²) >= 11 is 3.60. The molecular weight excluding hydrogens is 316 g/mol. The van der Waals surface area contributed by atoms with Crippen LogP contribution in [0, 0.1) is 19.8 Å². The number of nitrogens with one attached hydrogen (secondary N) is 1. The Morgan fingerprint density at radius 2 is 1.90 bits per heavy atom. The molecule has 1 aromatic heterocycles. The number of benzene rings is 1. The lowest BCUT2D eigenvalue weighted by Crippen LogP contribution is -2.20. The SMILES string of the molecule is Cc1cc(-n2nncc2CNCC(C)C)cc(C)c1Br. The van der Waals surface area contributed by atoms with Crippen molar-refractivity contribution in [2.45, 2.75) is 34.2 Å². The Morgan fingerprint density at radius 1 is 1.25 bits per heavy atom. The lowest BCUT2D eigenvalue weighted by Gasteiger charge is -2.11. The predicted octanol–water partition coefficient (Wildman–Crippen LogP) is 3.39. The largest absolute Gasteiger partial charge is 0.311 e. The molecule has 0 saturated carbocycles. The summed E-state index contributed by atoms with van der Waals surface area (Å²) < 4.78 is 3.06. The zero-order valence-corrected chi connectivity index (χ0v) is 14.0. The van der Waals surface area contributed by atoms with Crippen molar-refractivity contribution in [2.75, 3.05) is 6.54 Å². The summed E-state index contributed by atoms with van der Waals surface area (Å²) in [5.41, 5.74) is 4.54. The summed E-state index contributed by atoms with van der Waals surface area (Å²) in [6.07, 6.45) is 1.82. The van der Waals surface area contributed by atoms with Crippen LogP contribution in [0.3, 0.4) is 0 Å². The van der Waals surface area contributed by atoms with Gasteiger partial charge in [0.2, 0.25) is 0 Å². The number of nitrogens with zero attached hydrogens (tertiary/aromatic N) is 3. The van der Waals surface area contributed by atoms with Crippen LogP contribution < -0.4 is 5.32 Å². The fourth-order valence-electron chi connectivity index (χ4n) is 2.13. The quantitative estimate of drug-likeness (QED) is 0.909. The summed E-state index contributed by atoms with van der Waals surface area (Å²) in [6, 6.07) is 4.25. The Hall–Kier alpha value is -1.20. The number of hydrogen-bond donors (Lipinski definition) is 1. The minimum absolute atomic E-state index is 0.636. The molecule has 0 fully saturated rings. The van der Waals surface area contributed by atoms with E-state index in [0.717, 1.165) is 28.9 Å². The molecule has 0 atom stereocenters. The van der Waals surface area contributed by atoms with Crippen molar-refractivity contribution in [2.24, 2.45) is 5.92 Å². The fraction of sp³-hybridized carbons (Fsp3) is 0.467. The van der Waals surface area contributed by atoms with Gasteiger partial charge in [-0.3, -0.25) is 0 Å². The molecule has 4 nitrogen and oxygen atoms in total. The van der Waals surface area contributed by atoms with E-state index in [1.54, 1.807) is 0 Å². The first-order chi connectivity index (χ1) is 9.49. The van der Waals surface area contributed by atoms with E-state index in [1.165, 1.54) is 11.1 Å². The lowest BCUT2D eigenvalue weighted by molar-refractivity contribution is 0.542. The summed E-state index contributed by atoms with van der Waals surface area (Å²) in [4.78, 5) is 0. The second kappa shape index (κ2) is 6.50. The Morgan fingerprint density at radius 3 is 2.50 bits per heavy atom. The van der Waals surface area contributed by atoms with Crippen molar-refractivity contribution in [3.8, 4) is 5.69 Å². The van der Waals surface area contributed by atoms with Gasteiger partial charge in [-0.15, -0.1) is 5.10 Å². The van der Waals surface area contributed by atoms with Crippen molar-refractivity contribution in [1.29, 1.82) is 0 Å². The Labute approximate surface area is 128 Å². The van der Waals surface area contributed by atoms with Gasteiger partial charge in [-0.1, -0.05) is 35.0 Å². The average Bonchev–Trinajstić information content (AvgIpc) is 2.83. The first kappa shape index (κ1) is 15.2. The lowest BCUT2D eigenvalue weighted by atomic mass is 10.1. The van der Waals surface area contributed by atoms with Crippen molar-refractivity contribution in [1.82, 2.24) is 20.3 Å². The predicted molar refractivity (Wildman–Crippen MR) is 85.1 cm³/mol. The number of rotatable bonds is 5. The second-order valence-electron chi connectivity index (χ2n) is 5.56. The van der Waals surface area contributed by atoms with Gasteiger partial charge >= 0.3 is 0 Å². The molecule has 0 unspecified atom stereocenters. The van der Waals surface area contributed by atoms with E-state index < -0.39 is 0 Å². The maximum atomic E-state index is 4.21. The van der Waals surface area contributed by atoms with Gasteiger partial charge in [0, 0.05) is 11.0 Å². The molecule has 2 aromatic rings. The molecule has 0 saturated heterocycles. The van der Waals surface area contributed by atoms with Crippen LogP contribution in [0.5, 0.6) is 0 Å². The van der Waals surface area contributed by atoms with Crippen LogP contribution in [0.2, 0.25) is 0 Å². The van der Waals surface area contributed by atoms with Crippen LogP contribution in [0.1, 0.15) is 30.7 Å². The number of halogens is 1. The molecule has 0 spiro atoms. The van der Waals surface area contributed by atoms with Gasteiger partial charge in [-0.25, -0.2) is 4.68 Å². The average molecular weight is 337 g/mol. The molecule has 5 heteroatoms. The zero-order chi connectivity index (χ0) is 14.7. The van der Waals surface area contributed by atoms with Crippen LogP contribution in [0.4, 0.5) is 0 Å². The smallest absolute Gasteiger partial charge is 0.0783 e. The molecule has 0 amide bonds. The molecule has 0 radical (unpaired) electrons. The number of hydrogen-bond acceptors (Lipinski definition) is 3. The zero-order valence-electron chi connectivity index (χ0n) is 12.4. The third-order valence-corrected chi connectivity index (χ3v) is 4.40. The summed E-state index contributed by atoms with van der Waals surface area (Å²) in [7, 11) is 0. The van der Waals surface area contributed by atoms with E-state index in [4.69, 9.17) is 0 Å². The molecule has 0 aliphatic rings. The first-order valence-electron chi connectivity index (χ1n) is 6.86. The van der Waals surface area contributed by atoms with E-state index >= 15 is 0 Å². The van der Waals surface area contributed by atoms with Crippen molar-refractivity contribution >= 4 is 15.9 Å². The van der Waals surface area contributed by atoms with Crippen molar-refractivity contribution in [3.63, 3.8) is 0 Å². The van der Waals surface area contributed by atoms with E-state index in [-0.39, 0.29) is 0 Å². The van der Waals surface area contributed by atoms with Gasteiger partial charge in [0.1, 0.15) is 0 Å². The maximum Gasteiger partial charge on any atom is 0.0783 e. The molecule has 1 N–H and O–H groups in total. The van der Waals surface area contributed by atoms with Gasteiger partial charge in [0.15, 0.2) is 0 Å². The Balaban J connectivity index is 2.23. The normalized spacial score (nSPS) is 11.3. The van der Waals surface area contributed by atoms with Crippen LogP contribution in [-0.4, -0.2) is 21.5 Å². The van der Waals surface area contributed by atoms with Gasteiger partial charge in [0.05, 0.1) is 17.6 Å². The van der Waals surface area contributed by atoms with E-state index in [0.29, 0.717) is 5.92 Å². The van der Waals surface area contributed by atoms with Gasteiger partial charge in [0.25, 0.3) is 0 Å². The van der Waals surface area contributed by atoms with E-state index in [1.807, 2.05) is 10.9 Å². The molecule has 1 aromatic carbocycles. The summed E-state index contributed by atoms with van der Waals surface area (Å²) in [5.74, 6) is 0.636. The van der Waals surface area contributed by atoms with Crippen LogP contribution in [0.15, 0.2) is 22.8 Å². The maximum absolute atomic E-state index is 4.21. The molecular formula is C15H21BrN4. The minimum Gasteiger partial charge on any atom is -0.311 e. The topological polar surface area (TPSA) is 42.7 Å². The molecule has 1 heterocycles. The summed E-state index contributed by atoms with van der Waals surface area (Å²) in [5, 5.41) is 11.7. The third-order valence-electron chi connectivity index (χ3n) is 3.14. The number of aromatic nitrogens is 3. The van der Waals surface area contributed by atoms with Crippen LogP contribution in [0.25, 0.3) is 5.69 Å². The third kappa shape index (κ3) is 3.46. The van der Waals surface area contributed by atoms with Crippen molar-refractivity contribution in [3.05, 3.63) is 39.6 Å². The van der Waals surface area contributed by atoms with Crippen molar-refractivity contribution < 1.29 is 0 Å². The molecule has 0 aliphatic carbocycles. The molecule has 20 heavy (non-hydrogen) atoms. The molecule has 0 aliphatic heterocycles. The van der Waals surface area contributed by atoms with Crippen LogP contribution >= 0.6 is 15.9 Å². The van der Waals surface area contributed by atoms with Gasteiger partial charge in [-0.2, -0.15) is 0 Å². The highest BCUT2D eigenvalue weighted by atomic mass is 79.9. The Bertz CT molecular complexity index is 566. The van der Waals surface area contributed by atoms with E-state index in [2.05, 4.69) is 71.4 Å². The highest BCUT2D eigenvalue weighted by Crippen LogP contribution is 2.24. The second-order valence-corrected chi connectivity index (χ2v) is 6.35. The highest BCUT2D eigenvalue weighted by Gasteiger charge is 2.09. The molecule has 0 bridgehead atoms. The molecule has 2 rings (SSSR count). The molecule has 108 valence electrons. The summed E-state index contributed by atoms with van der Waals surface area (Å²) in [6.45, 7) is 10.3. The monoisotopic (exact) mass is 336 g/mol. The van der Waals surface area contributed by atoms with E-state index in [9.17, 15) is 0 Å². The fourth-order valence-corrected chi connectivity index (χ4v) is 2.36. The minimum atomic E-state index is 0.636. The number of aryl methyl sites for hydroxylation is 2. The first-order valence-corrected chi connectivity index (χ1v) is 7.65. The van der Waals surface area contributed by atoms with Crippen LogP contribution in [-0.2, 0) is 6.54 Å². The van der Waals surface area contributed by atoms with Gasteiger partial charge in [-0.05, 0) is 49.6 Å². The van der Waals surface area contributed by atoms with Gasteiger partial charge < -0.3 is 5.32 Å². The standard InChI is InChI=1S/C15H21BrN4/c1-10(2)7-17-8-14-9-18-19-20(14)13-5-11(3)15(16)12(4)6-13/h5-6,9-10,17H,7-8H2,1-4H3.